The van der Waals surface area contributed by atoms with Gasteiger partial charge in [0.25, 0.3) is 0 Å². The molecule has 5 heteroatoms. The van der Waals surface area contributed by atoms with Crippen LogP contribution < -0.4 is 10.6 Å². The van der Waals surface area contributed by atoms with Gasteiger partial charge in [0, 0.05) is 18.5 Å². The number of nitrogens with zero attached hydrogens (tertiary/aromatic N) is 3. The lowest BCUT2D eigenvalue weighted by Gasteiger charge is -2.35. The zero-order valence-corrected chi connectivity index (χ0v) is 10.7. The van der Waals surface area contributed by atoms with Gasteiger partial charge in [0.15, 0.2) is 0 Å². The maximum atomic E-state index is 5.94. The third-order valence-electron chi connectivity index (χ3n) is 3.16. The highest BCUT2D eigenvalue weighted by atomic mass is 16.5. The SMILES string of the molecule is CCc1nc(N)c(C)c(N2CCOCC2C)n1. The van der Waals surface area contributed by atoms with Crippen molar-refractivity contribution in [2.45, 2.75) is 33.2 Å². The van der Waals surface area contributed by atoms with Crippen LogP contribution in [0.3, 0.4) is 0 Å². The van der Waals surface area contributed by atoms with Crippen molar-refractivity contribution in [3.05, 3.63) is 11.4 Å². The first-order valence-corrected chi connectivity index (χ1v) is 6.10. The molecule has 1 aliphatic rings. The normalized spacial score (nSPS) is 20.6. The molecule has 1 aromatic heterocycles. The van der Waals surface area contributed by atoms with E-state index in [0.717, 1.165) is 43.4 Å². The molecule has 1 aliphatic heterocycles. The summed E-state index contributed by atoms with van der Waals surface area (Å²) in [7, 11) is 0. The van der Waals surface area contributed by atoms with Crippen molar-refractivity contribution in [2.75, 3.05) is 30.4 Å². The van der Waals surface area contributed by atoms with Crippen molar-refractivity contribution in [3.8, 4) is 0 Å². The van der Waals surface area contributed by atoms with Crippen LogP contribution in [-0.4, -0.2) is 35.8 Å². The molecule has 0 radical (unpaired) electrons. The lowest BCUT2D eigenvalue weighted by Crippen LogP contribution is -2.44. The van der Waals surface area contributed by atoms with Crippen LogP contribution in [0, 0.1) is 6.92 Å². The first-order chi connectivity index (χ1) is 8.13. The lowest BCUT2D eigenvalue weighted by atomic mass is 10.2. The molecule has 2 heterocycles. The highest BCUT2D eigenvalue weighted by Gasteiger charge is 2.23. The number of nitrogens with two attached hydrogens (primary N) is 1. The molecule has 0 spiro atoms. The van der Waals surface area contributed by atoms with Gasteiger partial charge in [0.2, 0.25) is 0 Å². The molecular formula is C12H20N4O. The minimum Gasteiger partial charge on any atom is -0.383 e. The molecule has 0 aromatic carbocycles. The zero-order chi connectivity index (χ0) is 12.4. The molecule has 2 N–H and O–H groups in total. The van der Waals surface area contributed by atoms with E-state index in [1.807, 2.05) is 13.8 Å². The second kappa shape index (κ2) is 4.87. The van der Waals surface area contributed by atoms with E-state index in [-0.39, 0.29) is 0 Å². The minimum atomic E-state index is 0.335. The fourth-order valence-corrected chi connectivity index (χ4v) is 2.05. The van der Waals surface area contributed by atoms with Crippen LogP contribution in [0.5, 0.6) is 0 Å². The summed E-state index contributed by atoms with van der Waals surface area (Å²) in [4.78, 5) is 11.1. The number of aromatic nitrogens is 2. The Kier molecular flexibility index (Phi) is 3.47. The van der Waals surface area contributed by atoms with Crippen molar-refractivity contribution in [1.82, 2.24) is 9.97 Å². The van der Waals surface area contributed by atoms with Gasteiger partial charge in [0.1, 0.15) is 17.5 Å². The Morgan fingerprint density at radius 3 is 2.88 bits per heavy atom. The largest absolute Gasteiger partial charge is 0.383 e. The van der Waals surface area contributed by atoms with Gasteiger partial charge in [-0.3, -0.25) is 0 Å². The average Bonchev–Trinajstić information content (AvgIpc) is 2.33. The number of aryl methyl sites for hydroxylation is 1. The second-order valence-electron chi connectivity index (χ2n) is 4.44. The first kappa shape index (κ1) is 12.1. The van der Waals surface area contributed by atoms with Gasteiger partial charge in [-0.25, -0.2) is 9.97 Å². The Bertz CT molecular complexity index is 408. The van der Waals surface area contributed by atoms with Gasteiger partial charge in [-0.2, -0.15) is 0 Å². The van der Waals surface area contributed by atoms with Gasteiger partial charge in [-0.1, -0.05) is 6.92 Å². The molecule has 0 bridgehead atoms. The molecule has 1 aromatic rings. The van der Waals surface area contributed by atoms with E-state index in [1.54, 1.807) is 0 Å². The highest BCUT2D eigenvalue weighted by molar-refractivity contribution is 5.57. The smallest absolute Gasteiger partial charge is 0.137 e. The first-order valence-electron chi connectivity index (χ1n) is 6.10. The molecule has 1 saturated heterocycles. The fraction of sp³-hybridized carbons (Fsp3) is 0.667. The van der Waals surface area contributed by atoms with Crippen LogP contribution in [0.15, 0.2) is 0 Å². The number of hydrogen-bond acceptors (Lipinski definition) is 5. The van der Waals surface area contributed by atoms with E-state index in [0.29, 0.717) is 11.9 Å². The molecule has 94 valence electrons. The topological polar surface area (TPSA) is 64.3 Å². The summed E-state index contributed by atoms with van der Waals surface area (Å²) in [6, 6.07) is 0.335. The van der Waals surface area contributed by atoms with Gasteiger partial charge < -0.3 is 15.4 Å². The summed E-state index contributed by atoms with van der Waals surface area (Å²) >= 11 is 0. The summed E-state index contributed by atoms with van der Waals surface area (Å²) in [6.07, 6.45) is 0.802. The molecule has 1 unspecified atom stereocenters. The average molecular weight is 236 g/mol. The third-order valence-corrected chi connectivity index (χ3v) is 3.16. The Morgan fingerprint density at radius 2 is 2.24 bits per heavy atom. The predicted octanol–water partition coefficient (Wildman–Crippen LogP) is 1.15. The van der Waals surface area contributed by atoms with Crippen molar-refractivity contribution in [1.29, 1.82) is 0 Å². The number of anilines is 2. The Balaban J connectivity index is 2.38. The van der Waals surface area contributed by atoms with Crippen molar-refractivity contribution in [2.24, 2.45) is 0 Å². The molecule has 5 nitrogen and oxygen atoms in total. The van der Waals surface area contributed by atoms with Crippen molar-refractivity contribution in [3.63, 3.8) is 0 Å². The highest BCUT2D eigenvalue weighted by Crippen LogP contribution is 2.24. The lowest BCUT2D eigenvalue weighted by molar-refractivity contribution is 0.0984. The summed E-state index contributed by atoms with van der Waals surface area (Å²) in [5.41, 5.74) is 6.91. The molecule has 0 aliphatic carbocycles. The predicted molar refractivity (Wildman–Crippen MR) is 68.2 cm³/mol. The van der Waals surface area contributed by atoms with Gasteiger partial charge in [-0.15, -0.1) is 0 Å². The number of morpholine rings is 1. The van der Waals surface area contributed by atoms with Gasteiger partial charge in [-0.05, 0) is 13.8 Å². The summed E-state index contributed by atoms with van der Waals surface area (Å²) in [5.74, 6) is 2.36. The van der Waals surface area contributed by atoms with Crippen LogP contribution in [0.4, 0.5) is 11.6 Å². The second-order valence-corrected chi connectivity index (χ2v) is 4.44. The summed E-state index contributed by atoms with van der Waals surface area (Å²) in [5, 5.41) is 0. The number of nitrogen functional groups attached to an aromatic ring is 1. The summed E-state index contributed by atoms with van der Waals surface area (Å²) in [6.45, 7) is 8.51. The van der Waals surface area contributed by atoms with E-state index >= 15 is 0 Å². The molecule has 0 amide bonds. The Morgan fingerprint density at radius 1 is 1.47 bits per heavy atom. The number of hydrogen-bond donors (Lipinski definition) is 1. The van der Waals surface area contributed by atoms with Crippen LogP contribution >= 0.6 is 0 Å². The van der Waals surface area contributed by atoms with Gasteiger partial charge in [0.05, 0.1) is 19.3 Å². The van der Waals surface area contributed by atoms with E-state index in [9.17, 15) is 0 Å². The molecule has 0 saturated carbocycles. The maximum Gasteiger partial charge on any atom is 0.137 e. The number of ether oxygens (including phenoxy) is 1. The van der Waals surface area contributed by atoms with Crippen LogP contribution in [0.2, 0.25) is 0 Å². The van der Waals surface area contributed by atoms with Gasteiger partial charge >= 0.3 is 0 Å². The van der Waals surface area contributed by atoms with E-state index in [1.165, 1.54) is 0 Å². The van der Waals surface area contributed by atoms with Crippen LogP contribution in [-0.2, 0) is 11.2 Å². The molecule has 17 heavy (non-hydrogen) atoms. The number of rotatable bonds is 2. The Labute approximate surface area is 102 Å². The van der Waals surface area contributed by atoms with E-state index in [4.69, 9.17) is 10.5 Å². The van der Waals surface area contributed by atoms with Crippen LogP contribution in [0.25, 0.3) is 0 Å². The monoisotopic (exact) mass is 236 g/mol. The third kappa shape index (κ3) is 2.34. The van der Waals surface area contributed by atoms with Crippen molar-refractivity contribution >= 4 is 11.6 Å². The van der Waals surface area contributed by atoms with Crippen LogP contribution in [0.1, 0.15) is 25.2 Å². The Hall–Kier alpha value is -1.36. The maximum absolute atomic E-state index is 5.94. The quantitative estimate of drug-likeness (QED) is 0.834. The van der Waals surface area contributed by atoms with Crippen molar-refractivity contribution < 1.29 is 4.74 Å². The summed E-state index contributed by atoms with van der Waals surface area (Å²) < 4.78 is 5.44. The molecular weight excluding hydrogens is 216 g/mol. The fourth-order valence-electron chi connectivity index (χ4n) is 2.05. The van der Waals surface area contributed by atoms with E-state index < -0.39 is 0 Å². The van der Waals surface area contributed by atoms with E-state index in [2.05, 4.69) is 21.8 Å². The minimum absolute atomic E-state index is 0.335. The molecule has 1 fully saturated rings. The standard InChI is InChI=1S/C12H20N4O/c1-4-10-14-11(13)9(3)12(15-10)16-5-6-17-7-8(16)2/h8H,4-7H2,1-3H3,(H2,13,14,15). The molecule has 1 atom stereocenters. The molecule has 2 rings (SSSR count). The zero-order valence-electron chi connectivity index (χ0n) is 10.7.